The molecule has 0 aromatic heterocycles. The normalized spacial score (nSPS) is 18.4. The van der Waals surface area contributed by atoms with Gasteiger partial charge in [0, 0.05) is 36.1 Å². The lowest BCUT2D eigenvalue weighted by Crippen LogP contribution is -2.46. The lowest BCUT2D eigenvalue weighted by Gasteiger charge is -2.30. The first-order chi connectivity index (χ1) is 14.5. The number of nitrogens with one attached hydrogen (secondary N) is 1. The van der Waals surface area contributed by atoms with Crippen LogP contribution >= 0.6 is 0 Å². The van der Waals surface area contributed by atoms with Gasteiger partial charge in [-0.25, -0.2) is 4.79 Å². The van der Waals surface area contributed by atoms with Crippen LogP contribution in [0.3, 0.4) is 0 Å². The van der Waals surface area contributed by atoms with Crippen LogP contribution in [0.2, 0.25) is 0 Å². The largest absolute Gasteiger partial charge is 0.445 e. The zero-order valence-corrected chi connectivity index (χ0v) is 17.2. The fourth-order valence-electron chi connectivity index (χ4n) is 3.91. The summed E-state index contributed by atoms with van der Waals surface area (Å²) < 4.78 is 5.47. The van der Waals surface area contributed by atoms with Gasteiger partial charge in [0.05, 0.1) is 17.8 Å². The molecule has 2 aromatic rings. The topological polar surface area (TPSA) is 87.9 Å². The molecule has 2 amide bonds. The van der Waals surface area contributed by atoms with Crippen LogP contribution in [0.25, 0.3) is 5.57 Å². The van der Waals surface area contributed by atoms with E-state index in [1.165, 1.54) is 0 Å². The van der Waals surface area contributed by atoms with Crippen molar-refractivity contribution in [1.29, 1.82) is 0 Å². The van der Waals surface area contributed by atoms with Crippen molar-refractivity contribution >= 4 is 28.9 Å². The number of nitrogen functional groups attached to an aromatic ring is 1. The van der Waals surface area contributed by atoms with E-state index in [-0.39, 0.29) is 25.1 Å². The molecule has 2 heterocycles. The van der Waals surface area contributed by atoms with Gasteiger partial charge in [-0.1, -0.05) is 30.3 Å². The third-order valence-electron chi connectivity index (χ3n) is 5.33. The SMILES string of the molecule is CC(C)N1C(=O)/C(=C2/CN(C(=O)OCc3ccccc3)CCN2)c2cc(N)ccc21. The second kappa shape index (κ2) is 8.10. The van der Waals surface area contributed by atoms with Gasteiger partial charge in [-0.2, -0.15) is 0 Å². The van der Waals surface area contributed by atoms with E-state index in [2.05, 4.69) is 5.32 Å². The molecule has 0 atom stereocenters. The Labute approximate surface area is 176 Å². The molecule has 0 spiro atoms. The summed E-state index contributed by atoms with van der Waals surface area (Å²) in [6, 6.07) is 15.1. The highest BCUT2D eigenvalue weighted by Gasteiger charge is 2.37. The number of nitrogens with zero attached hydrogens (tertiary/aromatic N) is 2. The Hall–Kier alpha value is -3.48. The molecule has 1 saturated heterocycles. The highest BCUT2D eigenvalue weighted by atomic mass is 16.6. The number of rotatable bonds is 3. The Morgan fingerprint density at radius 3 is 2.70 bits per heavy atom. The maximum absolute atomic E-state index is 13.3. The summed E-state index contributed by atoms with van der Waals surface area (Å²) in [6.07, 6.45) is -0.391. The number of nitrogens with two attached hydrogens (primary N) is 1. The number of amides is 2. The average Bonchev–Trinajstić information content (AvgIpc) is 3.04. The summed E-state index contributed by atoms with van der Waals surface area (Å²) in [5.74, 6) is -0.0763. The van der Waals surface area contributed by atoms with E-state index in [1.807, 2.05) is 56.3 Å². The van der Waals surface area contributed by atoms with Crippen LogP contribution in [-0.4, -0.2) is 42.6 Å². The van der Waals surface area contributed by atoms with Crippen molar-refractivity contribution in [3.05, 3.63) is 65.4 Å². The zero-order valence-electron chi connectivity index (χ0n) is 17.2. The van der Waals surface area contributed by atoms with Crippen LogP contribution < -0.4 is 16.0 Å². The molecule has 2 aliphatic heterocycles. The van der Waals surface area contributed by atoms with E-state index in [0.29, 0.717) is 24.4 Å². The van der Waals surface area contributed by atoms with Gasteiger partial charge < -0.3 is 25.6 Å². The zero-order chi connectivity index (χ0) is 21.3. The highest BCUT2D eigenvalue weighted by Crippen LogP contribution is 2.40. The maximum Gasteiger partial charge on any atom is 0.410 e. The Morgan fingerprint density at radius 2 is 1.97 bits per heavy atom. The molecule has 4 rings (SSSR count). The molecular formula is C23H26N4O3. The Bertz CT molecular complexity index is 1000. The van der Waals surface area contributed by atoms with E-state index in [4.69, 9.17) is 10.5 Å². The summed E-state index contributed by atoms with van der Waals surface area (Å²) in [5, 5.41) is 3.31. The monoisotopic (exact) mass is 406 g/mol. The van der Waals surface area contributed by atoms with Crippen LogP contribution in [0.4, 0.5) is 16.2 Å². The predicted octanol–water partition coefficient (Wildman–Crippen LogP) is 2.98. The lowest BCUT2D eigenvalue weighted by molar-refractivity contribution is -0.113. The van der Waals surface area contributed by atoms with Crippen molar-refractivity contribution in [2.75, 3.05) is 30.3 Å². The van der Waals surface area contributed by atoms with Gasteiger partial charge in [-0.05, 0) is 37.6 Å². The molecule has 0 unspecified atom stereocenters. The van der Waals surface area contributed by atoms with Gasteiger partial charge in [0.1, 0.15) is 6.61 Å². The minimum absolute atomic E-state index is 0.00788. The number of carbonyl (C=O) groups excluding carboxylic acids is 2. The quantitative estimate of drug-likeness (QED) is 0.604. The van der Waals surface area contributed by atoms with Crippen molar-refractivity contribution in [2.24, 2.45) is 0 Å². The second-order valence-electron chi connectivity index (χ2n) is 7.79. The van der Waals surface area contributed by atoms with E-state index in [0.717, 1.165) is 22.5 Å². The summed E-state index contributed by atoms with van der Waals surface area (Å²) in [7, 11) is 0. The molecular weight excluding hydrogens is 380 g/mol. The molecule has 2 aromatic carbocycles. The number of anilines is 2. The molecule has 7 heteroatoms. The molecule has 3 N–H and O–H groups in total. The van der Waals surface area contributed by atoms with Crippen LogP contribution in [0, 0.1) is 0 Å². The number of hydrogen-bond donors (Lipinski definition) is 2. The molecule has 0 aliphatic carbocycles. The molecule has 0 bridgehead atoms. The van der Waals surface area contributed by atoms with Crippen molar-refractivity contribution in [2.45, 2.75) is 26.5 Å². The third kappa shape index (κ3) is 3.70. The number of hydrogen-bond acceptors (Lipinski definition) is 5. The van der Waals surface area contributed by atoms with Crippen LogP contribution in [0.15, 0.2) is 54.2 Å². The minimum Gasteiger partial charge on any atom is -0.445 e. The Balaban J connectivity index is 1.58. The van der Waals surface area contributed by atoms with Gasteiger partial charge in [0.25, 0.3) is 5.91 Å². The minimum atomic E-state index is -0.391. The van der Waals surface area contributed by atoms with E-state index in [1.54, 1.807) is 15.9 Å². The standard InChI is InChI=1S/C23H26N4O3/c1-15(2)27-20-9-8-17(24)12-18(20)21(22(27)28)19-13-26(11-10-25-19)23(29)30-14-16-6-4-3-5-7-16/h3-9,12,15,25H,10-11,13-14,24H2,1-2H3/b21-19-. The van der Waals surface area contributed by atoms with Crippen molar-refractivity contribution in [3.8, 4) is 0 Å². The lowest BCUT2D eigenvalue weighted by atomic mass is 10.0. The van der Waals surface area contributed by atoms with Crippen molar-refractivity contribution in [3.63, 3.8) is 0 Å². The van der Waals surface area contributed by atoms with Crippen LogP contribution in [0.5, 0.6) is 0 Å². The summed E-state index contributed by atoms with van der Waals surface area (Å²) in [4.78, 5) is 29.3. The molecule has 0 saturated carbocycles. The maximum atomic E-state index is 13.3. The fourth-order valence-corrected chi connectivity index (χ4v) is 3.91. The second-order valence-corrected chi connectivity index (χ2v) is 7.79. The number of carbonyl (C=O) groups is 2. The smallest absolute Gasteiger partial charge is 0.410 e. The van der Waals surface area contributed by atoms with Crippen molar-refractivity contribution in [1.82, 2.24) is 10.2 Å². The number of fused-ring (bicyclic) bond motifs is 1. The Kier molecular flexibility index (Phi) is 5.35. The van der Waals surface area contributed by atoms with E-state index in [9.17, 15) is 9.59 Å². The predicted molar refractivity (Wildman–Crippen MR) is 117 cm³/mol. The van der Waals surface area contributed by atoms with Gasteiger partial charge >= 0.3 is 6.09 Å². The van der Waals surface area contributed by atoms with Gasteiger partial charge in [-0.3, -0.25) is 4.79 Å². The van der Waals surface area contributed by atoms with Crippen molar-refractivity contribution < 1.29 is 14.3 Å². The third-order valence-corrected chi connectivity index (χ3v) is 5.33. The van der Waals surface area contributed by atoms with Crippen LogP contribution in [0.1, 0.15) is 25.0 Å². The molecule has 7 nitrogen and oxygen atoms in total. The highest BCUT2D eigenvalue weighted by molar-refractivity contribution is 6.33. The number of piperazine rings is 1. The fraction of sp³-hybridized carbons (Fsp3) is 0.304. The molecule has 156 valence electrons. The molecule has 2 aliphatic rings. The number of benzene rings is 2. The molecule has 0 radical (unpaired) electrons. The molecule has 30 heavy (non-hydrogen) atoms. The molecule has 1 fully saturated rings. The summed E-state index contributed by atoms with van der Waals surface area (Å²) in [5.41, 5.74) is 10.5. The number of ether oxygens (including phenoxy) is 1. The van der Waals surface area contributed by atoms with Gasteiger partial charge in [-0.15, -0.1) is 0 Å². The first-order valence-electron chi connectivity index (χ1n) is 10.1. The summed E-state index contributed by atoms with van der Waals surface area (Å²) >= 11 is 0. The van der Waals surface area contributed by atoms with Gasteiger partial charge in [0.2, 0.25) is 0 Å². The first-order valence-corrected chi connectivity index (χ1v) is 10.1. The average molecular weight is 406 g/mol. The first kappa shape index (κ1) is 19.8. The van der Waals surface area contributed by atoms with E-state index < -0.39 is 6.09 Å². The Morgan fingerprint density at radius 1 is 1.20 bits per heavy atom. The summed E-state index contributed by atoms with van der Waals surface area (Å²) in [6.45, 7) is 5.52. The van der Waals surface area contributed by atoms with E-state index >= 15 is 0 Å². The van der Waals surface area contributed by atoms with Crippen LogP contribution in [-0.2, 0) is 16.1 Å². The van der Waals surface area contributed by atoms with Gasteiger partial charge in [0.15, 0.2) is 0 Å².